The van der Waals surface area contributed by atoms with Crippen LogP contribution in [0, 0.1) is 0 Å². The van der Waals surface area contributed by atoms with Crippen LogP contribution in [0.25, 0.3) is 0 Å². The minimum Gasteiger partial charge on any atom is -0.424 e. The Kier molecular flexibility index (Phi) is 6.15. The van der Waals surface area contributed by atoms with Gasteiger partial charge in [0.05, 0.1) is 13.2 Å². The largest absolute Gasteiger partial charge is 0.424 e. The molecule has 0 N–H and O–H groups in total. The van der Waals surface area contributed by atoms with Crippen molar-refractivity contribution in [1.82, 2.24) is 0 Å². The summed E-state index contributed by atoms with van der Waals surface area (Å²) in [4.78, 5) is 11.6. The van der Waals surface area contributed by atoms with Gasteiger partial charge >= 0.3 is 13.6 Å². The molecular formula is C12H16FO5P. The number of esters is 1. The highest BCUT2D eigenvalue weighted by Crippen LogP contribution is 2.53. The zero-order chi connectivity index (χ0) is 14.3. The molecule has 1 unspecified atom stereocenters. The molecule has 1 aromatic rings. The quantitative estimate of drug-likeness (QED) is 0.438. The van der Waals surface area contributed by atoms with Crippen molar-refractivity contribution in [2.45, 2.75) is 19.8 Å². The molecule has 0 spiro atoms. The van der Waals surface area contributed by atoms with Crippen LogP contribution < -0.4 is 4.74 Å². The van der Waals surface area contributed by atoms with Gasteiger partial charge in [0, 0.05) is 0 Å². The lowest BCUT2D eigenvalue weighted by Gasteiger charge is -2.19. The van der Waals surface area contributed by atoms with Crippen molar-refractivity contribution in [1.29, 1.82) is 0 Å². The fourth-order valence-electron chi connectivity index (χ4n) is 1.31. The maximum Gasteiger partial charge on any atom is 0.376 e. The average Bonchev–Trinajstić information content (AvgIpc) is 2.39. The Balaban J connectivity index is 2.77. The third-order valence-corrected chi connectivity index (χ3v) is 4.05. The highest BCUT2D eigenvalue weighted by molar-refractivity contribution is 7.55. The molecule has 0 aliphatic heterocycles. The van der Waals surface area contributed by atoms with Gasteiger partial charge < -0.3 is 13.8 Å². The van der Waals surface area contributed by atoms with Gasteiger partial charge in [0.15, 0.2) is 0 Å². The third-order valence-electron chi connectivity index (χ3n) is 2.05. The fraction of sp³-hybridized carbons (Fsp3) is 0.417. The van der Waals surface area contributed by atoms with Crippen molar-refractivity contribution >= 4 is 13.6 Å². The van der Waals surface area contributed by atoms with E-state index in [4.69, 9.17) is 13.8 Å². The minimum atomic E-state index is -4.14. The predicted octanol–water partition coefficient (Wildman–Crippen LogP) is 3.15. The van der Waals surface area contributed by atoms with Gasteiger partial charge in [-0.05, 0) is 26.0 Å². The number of carbonyl (C=O) groups excluding carboxylic acids is 1. The number of halogens is 1. The Morgan fingerprint density at radius 2 is 1.74 bits per heavy atom. The molecule has 1 aromatic carbocycles. The molecule has 1 rings (SSSR count). The molecule has 0 radical (unpaired) electrons. The van der Waals surface area contributed by atoms with Crippen LogP contribution >= 0.6 is 7.60 Å². The van der Waals surface area contributed by atoms with E-state index < -0.39 is 19.5 Å². The summed E-state index contributed by atoms with van der Waals surface area (Å²) in [5.74, 6) is -3.60. The molecule has 19 heavy (non-hydrogen) atoms. The van der Waals surface area contributed by atoms with E-state index in [0.29, 0.717) is 0 Å². The van der Waals surface area contributed by atoms with Crippen LogP contribution in [-0.2, 0) is 18.4 Å². The van der Waals surface area contributed by atoms with Gasteiger partial charge in [-0.3, -0.25) is 4.57 Å². The lowest BCUT2D eigenvalue weighted by Crippen LogP contribution is -2.24. The fourth-order valence-corrected chi connectivity index (χ4v) is 2.68. The normalized spacial score (nSPS) is 13.0. The van der Waals surface area contributed by atoms with E-state index >= 15 is 0 Å². The number of benzene rings is 1. The number of hydrogen-bond donors (Lipinski definition) is 0. The zero-order valence-electron chi connectivity index (χ0n) is 10.7. The Hall–Kier alpha value is -1.23. The van der Waals surface area contributed by atoms with E-state index in [2.05, 4.69) is 0 Å². The first-order chi connectivity index (χ1) is 9.03. The second-order valence-corrected chi connectivity index (χ2v) is 5.49. The van der Waals surface area contributed by atoms with E-state index in [1.807, 2.05) is 0 Å². The molecule has 0 aromatic heterocycles. The van der Waals surface area contributed by atoms with Gasteiger partial charge in [0.1, 0.15) is 5.75 Å². The minimum absolute atomic E-state index is 0.0314. The number of carbonyl (C=O) groups is 1. The molecule has 0 amide bonds. The van der Waals surface area contributed by atoms with Crippen LogP contribution in [0.2, 0.25) is 0 Å². The van der Waals surface area contributed by atoms with Gasteiger partial charge in [-0.1, -0.05) is 18.2 Å². The van der Waals surface area contributed by atoms with Gasteiger partial charge in [-0.15, -0.1) is 0 Å². The van der Waals surface area contributed by atoms with Crippen LogP contribution in [0.15, 0.2) is 30.3 Å². The summed E-state index contributed by atoms with van der Waals surface area (Å²) in [6.07, 6.45) is 0. The number of para-hydroxylation sites is 1. The highest BCUT2D eigenvalue weighted by Gasteiger charge is 2.43. The van der Waals surface area contributed by atoms with Crippen LogP contribution in [0.5, 0.6) is 5.75 Å². The molecule has 0 bridgehead atoms. The lowest BCUT2D eigenvalue weighted by atomic mass is 10.3. The molecule has 0 saturated heterocycles. The first kappa shape index (κ1) is 15.8. The molecule has 106 valence electrons. The summed E-state index contributed by atoms with van der Waals surface area (Å²) in [6, 6.07) is 7.93. The Morgan fingerprint density at radius 1 is 1.21 bits per heavy atom. The SMILES string of the molecule is CCOP(=O)(OCC)C(F)C(=O)Oc1ccccc1. The smallest absolute Gasteiger partial charge is 0.376 e. The van der Waals surface area contributed by atoms with Gasteiger partial charge in [0.25, 0.3) is 5.91 Å². The molecular weight excluding hydrogens is 274 g/mol. The first-order valence-corrected chi connectivity index (χ1v) is 7.44. The molecule has 0 aliphatic rings. The molecule has 7 heteroatoms. The Bertz CT molecular complexity index is 441. The Labute approximate surface area is 111 Å². The second kappa shape index (κ2) is 7.38. The molecule has 0 saturated carbocycles. The molecule has 0 heterocycles. The highest BCUT2D eigenvalue weighted by atomic mass is 31.2. The van der Waals surface area contributed by atoms with Gasteiger partial charge in [0.2, 0.25) is 0 Å². The van der Waals surface area contributed by atoms with Gasteiger partial charge in [-0.2, -0.15) is 0 Å². The maximum absolute atomic E-state index is 13.9. The summed E-state index contributed by atoms with van der Waals surface area (Å²) in [7, 11) is -4.14. The number of hydrogen-bond acceptors (Lipinski definition) is 5. The zero-order valence-corrected chi connectivity index (χ0v) is 11.6. The van der Waals surface area contributed by atoms with Gasteiger partial charge in [-0.25, -0.2) is 9.18 Å². The predicted molar refractivity (Wildman–Crippen MR) is 67.8 cm³/mol. The van der Waals surface area contributed by atoms with E-state index in [-0.39, 0.29) is 19.0 Å². The summed E-state index contributed by atoms with van der Waals surface area (Å²) in [6.45, 7) is 2.99. The monoisotopic (exact) mass is 290 g/mol. The molecule has 5 nitrogen and oxygen atoms in total. The van der Waals surface area contributed by atoms with Crippen molar-refractivity contribution in [3.05, 3.63) is 30.3 Å². The number of alkyl halides is 1. The van der Waals surface area contributed by atoms with Crippen molar-refractivity contribution in [3.8, 4) is 5.75 Å². The van der Waals surface area contributed by atoms with Crippen molar-refractivity contribution in [2.75, 3.05) is 13.2 Å². The van der Waals surface area contributed by atoms with E-state index in [9.17, 15) is 13.8 Å². The second-order valence-electron chi connectivity index (χ2n) is 3.45. The number of rotatable bonds is 7. The maximum atomic E-state index is 13.9. The molecule has 0 aliphatic carbocycles. The van der Waals surface area contributed by atoms with Crippen LogP contribution in [0.3, 0.4) is 0 Å². The molecule has 0 fully saturated rings. The Morgan fingerprint density at radius 3 is 2.21 bits per heavy atom. The van der Waals surface area contributed by atoms with Crippen LogP contribution in [-0.4, -0.2) is 25.1 Å². The van der Waals surface area contributed by atoms with Crippen molar-refractivity contribution in [3.63, 3.8) is 0 Å². The molecule has 1 atom stereocenters. The standard InChI is InChI=1S/C12H16FO5P/c1-3-16-19(15,17-4-2)11(13)12(14)18-10-8-6-5-7-9-10/h5-9,11H,3-4H2,1-2H3. The summed E-state index contributed by atoms with van der Waals surface area (Å²) in [5.41, 5.74) is 0. The van der Waals surface area contributed by atoms with Crippen LogP contribution in [0.1, 0.15) is 13.8 Å². The van der Waals surface area contributed by atoms with Crippen LogP contribution in [0.4, 0.5) is 4.39 Å². The van der Waals surface area contributed by atoms with E-state index in [0.717, 1.165) is 0 Å². The summed E-state index contributed by atoms with van der Waals surface area (Å²) >= 11 is 0. The van der Waals surface area contributed by atoms with E-state index in [1.165, 1.54) is 26.0 Å². The number of ether oxygens (including phenoxy) is 1. The van der Waals surface area contributed by atoms with E-state index in [1.54, 1.807) is 18.2 Å². The summed E-state index contributed by atoms with van der Waals surface area (Å²) in [5, 5.41) is 0. The first-order valence-electron chi connectivity index (χ1n) is 5.83. The van der Waals surface area contributed by atoms with Crippen molar-refractivity contribution < 1.29 is 27.5 Å². The summed E-state index contributed by atoms with van der Waals surface area (Å²) < 4.78 is 40.2. The lowest BCUT2D eigenvalue weighted by molar-refractivity contribution is -0.137. The topological polar surface area (TPSA) is 61.8 Å². The third kappa shape index (κ3) is 4.42. The average molecular weight is 290 g/mol. The van der Waals surface area contributed by atoms with Crippen molar-refractivity contribution in [2.24, 2.45) is 0 Å².